The van der Waals surface area contributed by atoms with Gasteiger partial charge in [-0.25, -0.2) is 0 Å². The number of nitrogens with zero attached hydrogens (tertiary/aromatic N) is 2. The predicted octanol–water partition coefficient (Wildman–Crippen LogP) is 3.37. The third-order valence-corrected chi connectivity index (χ3v) is 5.04. The minimum absolute atomic E-state index is 0.220. The number of piperidine rings is 1. The number of aliphatic imine (C=N–C) groups is 1. The maximum absolute atomic E-state index is 12.9. The molecule has 1 unspecified atom stereocenters. The molecular weight excluding hydrogens is 369 g/mol. The van der Waals surface area contributed by atoms with Crippen LogP contribution in [0.2, 0.25) is 0 Å². The maximum atomic E-state index is 12.9. The van der Waals surface area contributed by atoms with E-state index in [9.17, 15) is 13.2 Å². The van der Waals surface area contributed by atoms with E-state index in [1.165, 1.54) is 6.07 Å². The summed E-state index contributed by atoms with van der Waals surface area (Å²) < 4.78 is 44.3. The van der Waals surface area contributed by atoms with E-state index in [1.54, 1.807) is 13.1 Å². The number of nitrogens with one attached hydrogen (secondary N) is 2. The van der Waals surface area contributed by atoms with Crippen LogP contribution in [0.5, 0.6) is 5.75 Å². The molecule has 1 aliphatic rings. The van der Waals surface area contributed by atoms with E-state index in [0.29, 0.717) is 24.8 Å². The fraction of sp³-hybridized carbons (Fsp3) is 0.650. The largest absolute Gasteiger partial charge is 0.489 e. The Morgan fingerprint density at radius 1 is 1.29 bits per heavy atom. The molecule has 0 aliphatic carbocycles. The lowest BCUT2D eigenvalue weighted by molar-refractivity contribution is -0.137. The number of rotatable bonds is 7. The lowest BCUT2D eigenvalue weighted by Gasteiger charge is -2.29. The van der Waals surface area contributed by atoms with Gasteiger partial charge in [0.2, 0.25) is 0 Å². The first kappa shape index (κ1) is 22.3. The van der Waals surface area contributed by atoms with Gasteiger partial charge < -0.3 is 20.3 Å². The van der Waals surface area contributed by atoms with Crippen molar-refractivity contribution in [1.82, 2.24) is 15.5 Å². The van der Waals surface area contributed by atoms with Gasteiger partial charge in [-0.1, -0.05) is 13.0 Å². The smallest absolute Gasteiger partial charge is 0.416 e. The highest BCUT2D eigenvalue weighted by molar-refractivity contribution is 5.79. The van der Waals surface area contributed by atoms with Crippen molar-refractivity contribution in [3.63, 3.8) is 0 Å². The van der Waals surface area contributed by atoms with Gasteiger partial charge in [0.05, 0.1) is 12.1 Å². The number of hydrogen-bond acceptors (Lipinski definition) is 3. The molecule has 2 rings (SSSR count). The molecule has 1 atom stereocenters. The number of ether oxygens (including phenoxy) is 1. The van der Waals surface area contributed by atoms with E-state index in [-0.39, 0.29) is 11.9 Å². The second kappa shape index (κ2) is 10.5. The zero-order valence-corrected chi connectivity index (χ0v) is 16.9. The number of likely N-dealkylation sites (tertiary alicyclic amines) is 1. The summed E-state index contributed by atoms with van der Waals surface area (Å²) in [6, 6.07) is 4.99. The zero-order chi connectivity index (χ0) is 20.6. The molecule has 1 fully saturated rings. The SMILES string of the molecule is CCC(CNC(=NC)NCC1CCN(C)CC1)Oc1cccc(C(F)(F)F)c1. The van der Waals surface area contributed by atoms with Crippen molar-refractivity contribution in [2.24, 2.45) is 10.9 Å². The van der Waals surface area contributed by atoms with Crippen LogP contribution >= 0.6 is 0 Å². The fourth-order valence-electron chi connectivity index (χ4n) is 3.15. The predicted molar refractivity (Wildman–Crippen MR) is 106 cm³/mol. The zero-order valence-electron chi connectivity index (χ0n) is 16.9. The summed E-state index contributed by atoms with van der Waals surface area (Å²) in [6.45, 7) is 5.48. The first-order valence-electron chi connectivity index (χ1n) is 9.78. The molecule has 1 heterocycles. The topological polar surface area (TPSA) is 48.9 Å². The van der Waals surface area contributed by atoms with Crippen molar-refractivity contribution in [2.75, 3.05) is 40.3 Å². The third kappa shape index (κ3) is 7.22. The summed E-state index contributed by atoms with van der Waals surface area (Å²) in [6.07, 6.45) is -1.65. The summed E-state index contributed by atoms with van der Waals surface area (Å²) in [5.74, 6) is 1.53. The van der Waals surface area contributed by atoms with Crippen LogP contribution in [-0.2, 0) is 6.18 Å². The molecule has 1 saturated heterocycles. The highest BCUT2D eigenvalue weighted by Crippen LogP contribution is 2.31. The minimum Gasteiger partial charge on any atom is -0.489 e. The van der Waals surface area contributed by atoms with Crippen molar-refractivity contribution in [1.29, 1.82) is 0 Å². The lowest BCUT2D eigenvalue weighted by Crippen LogP contribution is -2.45. The molecule has 0 radical (unpaired) electrons. The van der Waals surface area contributed by atoms with Gasteiger partial charge in [0.1, 0.15) is 11.9 Å². The van der Waals surface area contributed by atoms with Crippen LogP contribution in [0, 0.1) is 5.92 Å². The van der Waals surface area contributed by atoms with Gasteiger partial charge in [0, 0.05) is 13.6 Å². The molecule has 1 aromatic carbocycles. The molecule has 0 saturated carbocycles. The van der Waals surface area contributed by atoms with Gasteiger partial charge in [-0.15, -0.1) is 0 Å². The van der Waals surface area contributed by atoms with E-state index in [2.05, 4.69) is 27.6 Å². The molecule has 0 bridgehead atoms. The normalized spacial score (nSPS) is 18.0. The van der Waals surface area contributed by atoms with Crippen molar-refractivity contribution >= 4 is 5.96 Å². The summed E-state index contributed by atoms with van der Waals surface area (Å²) in [4.78, 5) is 6.56. The fourth-order valence-corrected chi connectivity index (χ4v) is 3.15. The molecular formula is C20H31F3N4O. The van der Waals surface area contributed by atoms with Gasteiger partial charge in [0.25, 0.3) is 0 Å². The minimum atomic E-state index is -4.38. The number of alkyl halides is 3. The summed E-state index contributed by atoms with van der Waals surface area (Å²) in [7, 11) is 3.85. The number of hydrogen-bond donors (Lipinski definition) is 2. The molecule has 1 aromatic rings. The molecule has 1 aliphatic heterocycles. The van der Waals surface area contributed by atoms with E-state index in [1.807, 2.05) is 6.92 Å². The number of guanidine groups is 1. The average Bonchev–Trinajstić information content (AvgIpc) is 2.68. The Balaban J connectivity index is 1.81. The molecule has 5 nitrogen and oxygen atoms in total. The van der Waals surface area contributed by atoms with Crippen LogP contribution in [0.4, 0.5) is 13.2 Å². The molecule has 2 N–H and O–H groups in total. The van der Waals surface area contributed by atoms with Crippen molar-refractivity contribution in [3.8, 4) is 5.75 Å². The van der Waals surface area contributed by atoms with E-state index < -0.39 is 11.7 Å². The molecule has 0 aromatic heterocycles. The first-order valence-corrected chi connectivity index (χ1v) is 9.78. The first-order chi connectivity index (χ1) is 13.3. The highest BCUT2D eigenvalue weighted by atomic mass is 19.4. The molecule has 28 heavy (non-hydrogen) atoms. The Hall–Kier alpha value is -1.96. The van der Waals surface area contributed by atoms with E-state index >= 15 is 0 Å². The Kier molecular flexibility index (Phi) is 8.41. The van der Waals surface area contributed by atoms with Crippen LogP contribution in [-0.4, -0.2) is 57.2 Å². The Morgan fingerprint density at radius 3 is 2.61 bits per heavy atom. The van der Waals surface area contributed by atoms with Crippen LogP contribution < -0.4 is 15.4 Å². The third-order valence-electron chi connectivity index (χ3n) is 5.04. The Morgan fingerprint density at radius 2 is 2.00 bits per heavy atom. The van der Waals surface area contributed by atoms with Gasteiger partial charge >= 0.3 is 6.18 Å². The number of halogens is 3. The van der Waals surface area contributed by atoms with Gasteiger partial charge in [-0.3, -0.25) is 4.99 Å². The van der Waals surface area contributed by atoms with Crippen LogP contribution in [0.25, 0.3) is 0 Å². The Bertz CT molecular complexity index is 628. The summed E-state index contributed by atoms with van der Waals surface area (Å²) >= 11 is 0. The molecule has 0 spiro atoms. The quantitative estimate of drug-likeness (QED) is 0.544. The molecule has 0 amide bonds. The van der Waals surface area contributed by atoms with Crippen molar-refractivity contribution in [3.05, 3.63) is 29.8 Å². The maximum Gasteiger partial charge on any atom is 0.416 e. The van der Waals surface area contributed by atoms with E-state index in [4.69, 9.17) is 4.74 Å². The Labute approximate surface area is 165 Å². The standard InChI is InChI=1S/C20H31F3N4O/c1-4-17(28-18-7-5-6-16(12-18)20(21,22)23)14-26-19(24-2)25-13-15-8-10-27(3)11-9-15/h5-7,12,15,17H,4,8-11,13-14H2,1-3H3,(H2,24,25,26). The summed E-state index contributed by atoms with van der Waals surface area (Å²) in [5.41, 5.74) is -0.705. The van der Waals surface area contributed by atoms with E-state index in [0.717, 1.165) is 44.6 Å². The van der Waals surface area contributed by atoms with Crippen molar-refractivity contribution < 1.29 is 17.9 Å². The average molecular weight is 400 g/mol. The highest BCUT2D eigenvalue weighted by Gasteiger charge is 2.30. The van der Waals surface area contributed by atoms with Crippen LogP contribution in [0.1, 0.15) is 31.7 Å². The molecule has 8 heteroatoms. The van der Waals surface area contributed by atoms with Crippen LogP contribution in [0.3, 0.4) is 0 Å². The molecule has 158 valence electrons. The van der Waals surface area contributed by atoms with Gasteiger partial charge in [-0.2, -0.15) is 13.2 Å². The van der Waals surface area contributed by atoms with Gasteiger partial charge in [-0.05, 0) is 63.5 Å². The second-order valence-electron chi connectivity index (χ2n) is 7.25. The monoisotopic (exact) mass is 400 g/mol. The lowest BCUT2D eigenvalue weighted by atomic mass is 9.97. The number of benzene rings is 1. The second-order valence-corrected chi connectivity index (χ2v) is 7.25. The van der Waals surface area contributed by atoms with Crippen LogP contribution in [0.15, 0.2) is 29.3 Å². The summed E-state index contributed by atoms with van der Waals surface area (Å²) in [5, 5.41) is 6.56. The van der Waals surface area contributed by atoms with Crippen molar-refractivity contribution in [2.45, 2.75) is 38.5 Å². The van der Waals surface area contributed by atoms with Gasteiger partial charge in [0.15, 0.2) is 5.96 Å².